The smallest absolute Gasteiger partial charge is 0.336 e. The molecule has 21 nitrogen and oxygen atoms in total. The molecule has 1 unspecified atom stereocenters. The maximum Gasteiger partial charge on any atom is 0.336 e. The monoisotopic (exact) mass is 758 g/mol. The molecule has 53 heavy (non-hydrogen) atoms. The first-order valence-corrected chi connectivity index (χ1v) is 17.0. The van der Waals surface area contributed by atoms with Gasteiger partial charge in [0.25, 0.3) is 0 Å². The van der Waals surface area contributed by atoms with E-state index in [0.29, 0.717) is 40.2 Å². The van der Waals surface area contributed by atoms with E-state index in [9.17, 15) is 53.4 Å². The summed E-state index contributed by atoms with van der Waals surface area (Å²) < 4.78 is 19.1. The highest BCUT2D eigenvalue weighted by Crippen LogP contribution is 2.08. The maximum atomic E-state index is 13.3. The fraction of sp³-hybridized carbons (Fsp3) is 0.719. The summed E-state index contributed by atoms with van der Waals surface area (Å²) in [4.78, 5) is 116. The fourth-order valence-corrected chi connectivity index (χ4v) is 4.99. The first kappa shape index (κ1) is 44.3. The van der Waals surface area contributed by atoms with Crippen LogP contribution in [0.4, 0.5) is 0 Å². The van der Waals surface area contributed by atoms with Crippen LogP contribution in [0.3, 0.4) is 0 Å². The summed E-state index contributed by atoms with van der Waals surface area (Å²) in [6.07, 6.45) is -1.31. The van der Waals surface area contributed by atoms with Gasteiger partial charge < -0.3 is 29.5 Å². The number of aromatic nitrogens is 6. The zero-order chi connectivity index (χ0) is 40.3. The third-order valence-electron chi connectivity index (χ3n) is 7.36. The Bertz CT molecular complexity index is 1970. The number of hydrogen-bond donors (Lipinski definition) is 3. The number of hydrogen-bond acceptors (Lipinski definition) is 15. The second-order valence-electron chi connectivity index (χ2n) is 13.8. The van der Waals surface area contributed by atoms with E-state index in [2.05, 4.69) is 0 Å². The van der Waals surface area contributed by atoms with Gasteiger partial charge in [-0.2, -0.15) is 0 Å². The molecule has 21 heteroatoms. The molecule has 298 valence electrons. The highest BCUT2D eigenvalue weighted by atomic mass is 16.6. The molecular weight excluding hydrogens is 708 g/mol. The van der Waals surface area contributed by atoms with E-state index in [1.807, 2.05) is 0 Å². The molecule has 2 heterocycles. The predicted molar refractivity (Wildman–Crippen MR) is 184 cm³/mol. The predicted octanol–water partition coefficient (Wildman–Crippen LogP) is -3.12. The van der Waals surface area contributed by atoms with Crippen molar-refractivity contribution in [2.24, 2.45) is 0 Å². The Kier molecular flexibility index (Phi) is 16.1. The van der Waals surface area contributed by atoms with Crippen molar-refractivity contribution in [2.45, 2.75) is 130 Å². The van der Waals surface area contributed by atoms with Gasteiger partial charge in [0.2, 0.25) is 0 Å². The van der Waals surface area contributed by atoms with Crippen molar-refractivity contribution in [3.8, 4) is 0 Å². The topological polar surface area (TPSA) is 272 Å². The summed E-state index contributed by atoms with van der Waals surface area (Å²) >= 11 is 0. The van der Waals surface area contributed by atoms with Crippen molar-refractivity contribution in [1.82, 2.24) is 27.4 Å². The Labute approximate surface area is 302 Å². The third-order valence-corrected chi connectivity index (χ3v) is 7.36. The highest BCUT2D eigenvalue weighted by Gasteiger charge is 2.23. The quantitative estimate of drug-likeness (QED) is 0.0890. The van der Waals surface area contributed by atoms with Gasteiger partial charge in [-0.05, 0) is 54.4 Å². The largest absolute Gasteiger partial charge is 0.464 e. The molecule has 0 amide bonds. The molecular formula is C32H50N6O15. The number of aliphatic hydroxyl groups excluding tert-OH is 2. The lowest BCUT2D eigenvalue weighted by Crippen LogP contribution is -2.56. The molecule has 2 rings (SSSR count). The molecule has 0 spiro atoms. The van der Waals surface area contributed by atoms with Crippen LogP contribution < -0.4 is 34.1 Å². The lowest BCUT2D eigenvalue weighted by atomic mass is 10.1. The van der Waals surface area contributed by atoms with Gasteiger partial charge in [0.1, 0.15) is 12.2 Å². The van der Waals surface area contributed by atoms with E-state index >= 15 is 0 Å². The second-order valence-corrected chi connectivity index (χ2v) is 13.8. The second kappa shape index (κ2) is 19.3. The Balaban J connectivity index is 2.33. The molecule has 0 aliphatic carbocycles. The lowest BCUT2D eigenvalue weighted by molar-refractivity contribution is -0.155. The molecule has 0 aliphatic heterocycles. The van der Waals surface area contributed by atoms with Gasteiger partial charge in [-0.25, -0.2) is 56.2 Å². The standard InChI is InChI=1S/C32H50N6O15/c1-21(8-7-17-39)52-23(42)10-13-34-25(44)33(26(45)35(27(34)46)14-11-24(43)53-31(2,3)4)12-9-22(41)51-19-16-37-28(47)36(15-18-40)29(48)38(30(37)49)20-32(5,6)50/h21,39-40,50H,7-20H2,1-6H3. The fourth-order valence-electron chi connectivity index (χ4n) is 4.99. The Morgan fingerprint density at radius 1 is 0.604 bits per heavy atom. The molecule has 2 aromatic heterocycles. The van der Waals surface area contributed by atoms with E-state index in [0.717, 1.165) is 0 Å². The van der Waals surface area contributed by atoms with Crippen molar-refractivity contribution in [2.75, 3.05) is 19.8 Å². The number of aliphatic hydroxyl groups is 3. The summed E-state index contributed by atoms with van der Waals surface area (Å²) in [5, 5.41) is 28.5. The van der Waals surface area contributed by atoms with Gasteiger partial charge in [-0.1, -0.05) is 0 Å². The van der Waals surface area contributed by atoms with Crippen LogP contribution in [0.2, 0.25) is 0 Å². The maximum absolute atomic E-state index is 13.3. The molecule has 0 saturated heterocycles. The van der Waals surface area contributed by atoms with Crippen LogP contribution in [0.5, 0.6) is 0 Å². The minimum Gasteiger partial charge on any atom is -0.464 e. The molecule has 0 aliphatic rings. The Morgan fingerprint density at radius 2 is 1.02 bits per heavy atom. The summed E-state index contributed by atoms with van der Waals surface area (Å²) in [5.74, 6) is -2.50. The number of carbonyl (C=O) groups excluding carboxylic acids is 3. The molecule has 0 radical (unpaired) electrons. The van der Waals surface area contributed by atoms with Crippen LogP contribution >= 0.6 is 0 Å². The van der Waals surface area contributed by atoms with Crippen molar-refractivity contribution >= 4 is 17.9 Å². The molecule has 0 saturated carbocycles. The average molecular weight is 759 g/mol. The van der Waals surface area contributed by atoms with Crippen LogP contribution in [0.25, 0.3) is 0 Å². The first-order valence-electron chi connectivity index (χ1n) is 17.0. The van der Waals surface area contributed by atoms with Gasteiger partial charge in [-0.3, -0.25) is 14.4 Å². The van der Waals surface area contributed by atoms with Crippen molar-refractivity contribution in [1.29, 1.82) is 0 Å². The minimum atomic E-state index is -1.54. The van der Waals surface area contributed by atoms with E-state index in [1.165, 1.54) is 13.8 Å². The van der Waals surface area contributed by atoms with E-state index < -0.39 is 141 Å². The normalized spacial score (nSPS) is 12.4. The zero-order valence-corrected chi connectivity index (χ0v) is 30.9. The number of esters is 3. The van der Waals surface area contributed by atoms with Gasteiger partial charge in [-0.15, -0.1) is 0 Å². The molecule has 2 aromatic rings. The van der Waals surface area contributed by atoms with Crippen LogP contribution in [-0.2, 0) is 67.9 Å². The number of ether oxygens (including phenoxy) is 3. The van der Waals surface area contributed by atoms with Crippen molar-refractivity contribution in [3.05, 3.63) is 62.9 Å². The van der Waals surface area contributed by atoms with Gasteiger partial charge in [0.05, 0.1) is 57.2 Å². The summed E-state index contributed by atoms with van der Waals surface area (Å²) in [5.41, 5.74) is -9.09. The third kappa shape index (κ3) is 13.2. The minimum absolute atomic E-state index is 0.109. The van der Waals surface area contributed by atoms with E-state index in [4.69, 9.17) is 19.3 Å². The zero-order valence-electron chi connectivity index (χ0n) is 30.9. The lowest BCUT2D eigenvalue weighted by Gasteiger charge is -2.20. The summed E-state index contributed by atoms with van der Waals surface area (Å²) in [7, 11) is 0. The van der Waals surface area contributed by atoms with Crippen LogP contribution in [0, 0.1) is 0 Å². The summed E-state index contributed by atoms with van der Waals surface area (Å²) in [6.45, 7) is 4.68. The Hall–Kier alpha value is -4.89. The molecule has 0 aromatic carbocycles. The Morgan fingerprint density at radius 3 is 1.45 bits per heavy atom. The molecule has 0 bridgehead atoms. The van der Waals surface area contributed by atoms with Gasteiger partial charge in [0.15, 0.2) is 0 Å². The van der Waals surface area contributed by atoms with Crippen LogP contribution in [0.15, 0.2) is 28.8 Å². The van der Waals surface area contributed by atoms with Crippen molar-refractivity contribution in [3.63, 3.8) is 0 Å². The SMILES string of the molecule is CC(CCCO)OC(=O)CCn1c(=O)n(CCC(=O)OCCn2c(=O)n(CCO)c(=O)n(CC(C)(C)O)c2=O)c(=O)n(CCC(=O)OC(C)(C)C)c1=O. The molecule has 3 N–H and O–H groups in total. The van der Waals surface area contributed by atoms with E-state index in [-0.39, 0.29) is 6.61 Å². The number of carbonyl (C=O) groups is 3. The number of rotatable bonds is 20. The molecule has 1 atom stereocenters. The van der Waals surface area contributed by atoms with Crippen molar-refractivity contribution < 1.29 is 43.9 Å². The summed E-state index contributed by atoms with van der Waals surface area (Å²) in [6, 6.07) is 0. The average Bonchev–Trinajstić information content (AvgIpc) is 3.04. The number of nitrogens with zero attached hydrogens (tertiary/aromatic N) is 6. The van der Waals surface area contributed by atoms with Gasteiger partial charge in [0, 0.05) is 26.2 Å². The van der Waals surface area contributed by atoms with Crippen LogP contribution in [-0.4, -0.2) is 97.8 Å². The van der Waals surface area contributed by atoms with E-state index in [1.54, 1.807) is 27.7 Å². The van der Waals surface area contributed by atoms with Crippen LogP contribution in [0.1, 0.15) is 73.6 Å². The van der Waals surface area contributed by atoms with Gasteiger partial charge >= 0.3 is 52.0 Å². The highest BCUT2D eigenvalue weighted by molar-refractivity contribution is 5.70. The first-order chi connectivity index (χ1) is 24.6. The molecule has 0 fully saturated rings.